The molecule has 94 valence electrons. The van der Waals surface area contributed by atoms with Crippen LogP contribution in [0, 0.1) is 12.8 Å². The van der Waals surface area contributed by atoms with Crippen molar-refractivity contribution in [1.29, 1.82) is 0 Å². The quantitative estimate of drug-likeness (QED) is 0.621. The predicted molar refractivity (Wildman–Crippen MR) is 76.6 cm³/mol. The second kappa shape index (κ2) is 6.60. The Morgan fingerprint density at radius 2 is 2.12 bits per heavy atom. The number of thiocarbonyl (C=S) groups is 1. The minimum Gasteiger partial charge on any atom is -0.493 e. The van der Waals surface area contributed by atoms with Gasteiger partial charge in [0.25, 0.3) is 0 Å². The lowest BCUT2D eigenvalue weighted by molar-refractivity contribution is 0.296. The standard InChI is InChI=1S/C14H21NOS/c1-10(2)5-4-8-16-13-7-6-12(14(15)17)9-11(13)3/h6-7,9-10H,4-5,8H2,1-3H3,(H2,15,17). The van der Waals surface area contributed by atoms with Crippen molar-refractivity contribution < 1.29 is 4.74 Å². The molecule has 0 aliphatic heterocycles. The van der Waals surface area contributed by atoms with Crippen LogP contribution in [0.2, 0.25) is 0 Å². The fourth-order valence-electron chi connectivity index (χ4n) is 1.64. The van der Waals surface area contributed by atoms with E-state index in [9.17, 15) is 0 Å². The molecule has 0 saturated carbocycles. The van der Waals surface area contributed by atoms with E-state index in [1.807, 2.05) is 25.1 Å². The highest BCUT2D eigenvalue weighted by Gasteiger charge is 2.03. The van der Waals surface area contributed by atoms with Crippen molar-refractivity contribution >= 4 is 17.2 Å². The molecule has 1 aromatic rings. The average molecular weight is 251 g/mol. The Morgan fingerprint density at radius 3 is 2.65 bits per heavy atom. The van der Waals surface area contributed by atoms with Gasteiger partial charge in [0.15, 0.2) is 0 Å². The lowest BCUT2D eigenvalue weighted by Gasteiger charge is -2.11. The van der Waals surface area contributed by atoms with Crippen molar-refractivity contribution in [2.45, 2.75) is 33.6 Å². The van der Waals surface area contributed by atoms with Gasteiger partial charge in [-0.15, -0.1) is 0 Å². The van der Waals surface area contributed by atoms with Crippen LogP contribution in [0.15, 0.2) is 18.2 Å². The summed E-state index contributed by atoms with van der Waals surface area (Å²) in [6, 6.07) is 5.83. The van der Waals surface area contributed by atoms with Crippen LogP contribution in [-0.2, 0) is 0 Å². The van der Waals surface area contributed by atoms with Crippen LogP contribution in [0.5, 0.6) is 5.75 Å². The van der Waals surface area contributed by atoms with Gasteiger partial charge < -0.3 is 10.5 Å². The SMILES string of the molecule is Cc1cc(C(N)=S)ccc1OCCCC(C)C. The molecule has 1 rings (SSSR count). The Kier molecular flexibility index (Phi) is 5.42. The van der Waals surface area contributed by atoms with Crippen molar-refractivity contribution in [3.8, 4) is 5.75 Å². The molecule has 0 heterocycles. The first-order valence-corrected chi connectivity index (χ1v) is 6.44. The van der Waals surface area contributed by atoms with Crippen LogP contribution in [0.4, 0.5) is 0 Å². The van der Waals surface area contributed by atoms with Crippen LogP contribution in [-0.4, -0.2) is 11.6 Å². The summed E-state index contributed by atoms with van der Waals surface area (Å²) in [5.74, 6) is 1.66. The van der Waals surface area contributed by atoms with Gasteiger partial charge in [-0.2, -0.15) is 0 Å². The number of hydrogen-bond acceptors (Lipinski definition) is 2. The van der Waals surface area contributed by atoms with Gasteiger partial charge in [-0.25, -0.2) is 0 Å². The summed E-state index contributed by atoms with van der Waals surface area (Å²) < 4.78 is 5.74. The summed E-state index contributed by atoms with van der Waals surface area (Å²) in [4.78, 5) is 0.430. The maximum absolute atomic E-state index is 5.74. The molecule has 0 amide bonds. The Labute approximate surface area is 109 Å². The molecule has 2 nitrogen and oxygen atoms in total. The molecular formula is C14H21NOS. The molecule has 0 atom stereocenters. The average Bonchev–Trinajstić information content (AvgIpc) is 2.25. The first kappa shape index (κ1) is 14.0. The number of aryl methyl sites for hydroxylation is 1. The molecule has 0 spiro atoms. The van der Waals surface area contributed by atoms with Crippen LogP contribution in [0.3, 0.4) is 0 Å². The Morgan fingerprint density at radius 1 is 1.41 bits per heavy atom. The lowest BCUT2D eigenvalue weighted by atomic mass is 10.1. The first-order chi connectivity index (χ1) is 8.00. The summed E-state index contributed by atoms with van der Waals surface area (Å²) in [6.07, 6.45) is 2.29. The second-order valence-electron chi connectivity index (χ2n) is 4.73. The van der Waals surface area contributed by atoms with Crippen molar-refractivity contribution in [3.63, 3.8) is 0 Å². The van der Waals surface area contributed by atoms with Crippen molar-refractivity contribution in [2.24, 2.45) is 11.7 Å². The molecule has 0 bridgehead atoms. The molecule has 17 heavy (non-hydrogen) atoms. The van der Waals surface area contributed by atoms with E-state index in [0.29, 0.717) is 4.99 Å². The van der Waals surface area contributed by atoms with Gasteiger partial charge in [0, 0.05) is 5.56 Å². The monoisotopic (exact) mass is 251 g/mol. The van der Waals surface area contributed by atoms with Crippen molar-refractivity contribution in [3.05, 3.63) is 29.3 Å². The molecule has 0 unspecified atom stereocenters. The number of rotatable bonds is 6. The normalized spacial score (nSPS) is 10.6. The molecule has 0 aliphatic rings. The van der Waals surface area contributed by atoms with Crippen LogP contribution < -0.4 is 10.5 Å². The highest BCUT2D eigenvalue weighted by Crippen LogP contribution is 2.19. The Bertz CT molecular complexity index is 388. The Balaban J connectivity index is 2.52. The van der Waals surface area contributed by atoms with E-state index in [-0.39, 0.29) is 0 Å². The summed E-state index contributed by atoms with van der Waals surface area (Å²) in [5.41, 5.74) is 7.56. The molecule has 1 aromatic carbocycles. The molecule has 0 fully saturated rings. The van der Waals surface area contributed by atoms with Crippen LogP contribution >= 0.6 is 12.2 Å². The third kappa shape index (κ3) is 4.73. The molecule has 0 radical (unpaired) electrons. The number of benzene rings is 1. The van der Waals surface area contributed by atoms with Gasteiger partial charge in [-0.05, 0) is 49.4 Å². The van der Waals surface area contributed by atoms with Gasteiger partial charge in [-0.1, -0.05) is 26.1 Å². The summed E-state index contributed by atoms with van der Waals surface area (Å²) in [7, 11) is 0. The third-order valence-corrected chi connectivity index (χ3v) is 2.88. The zero-order chi connectivity index (χ0) is 12.8. The highest BCUT2D eigenvalue weighted by atomic mass is 32.1. The van der Waals surface area contributed by atoms with E-state index in [2.05, 4.69) is 13.8 Å². The van der Waals surface area contributed by atoms with E-state index < -0.39 is 0 Å². The zero-order valence-corrected chi connectivity index (χ0v) is 11.6. The van der Waals surface area contributed by atoms with E-state index in [1.165, 1.54) is 6.42 Å². The van der Waals surface area contributed by atoms with Gasteiger partial charge in [0.1, 0.15) is 10.7 Å². The summed E-state index contributed by atoms with van der Waals surface area (Å²) in [5, 5.41) is 0. The maximum atomic E-state index is 5.74. The fraction of sp³-hybridized carbons (Fsp3) is 0.500. The van der Waals surface area contributed by atoms with E-state index in [1.54, 1.807) is 0 Å². The van der Waals surface area contributed by atoms with Gasteiger partial charge >= 0.3 is 0 Å². The van der Waals surface area contributed by atoms with E-state index >= 15 is 0 Å². The minimum absolute atomic E-state index is 0.430. The smallest absolute Gasteiger partial charge is 0.122 e. The lowest BCUT2D eigenvalue weighted by Crippen LogP contribution is -2.09. The molecule has 2 N–H and O–H groups in total. The molecule has 0 aliphatic carbocycles. The third-order valence-electron chi connectivity index (χ3n) is 2.64. The van der Waals surface area contributed by atoms with E-state index in [4.69, 9.17) is 22.7 Å². The minimum atomic E-state index is 0.430. The Hall–Kier alpha value is -1.09. The maximum Gasteiger partial charge on any atom is 0.122 e. The highest BCUT2D eigenvalue weighted by molar-refractivity contribution is 7.80. The molecule has 3 heteroatoms. The topological polar surface area (TPSA) is 35.2 Å². The molecule has 0 aromatic heterocycles. The summed E-state index contributed by atoms with van der Waals surface area (Å²) >= 11 is 4.94. The van der Waals surface area contributed by atoms with Crippen LogP contribution in [0.1, 0.15) is 37.8 Å². The zero-order valence-electron chi connectivity index (χ0n) is 10.8. The van der Waals surface area contributed by atoms with Gasteiger partial charge in [-0.3, -0.25) is 0 Å². The van der Waals surface area contributed by atoms with Gasteiger partial charge in [0.2, 0.25) is 0 Å². The predicted octanol–water partition coefficient (Wildman–Crippen LogP) is 3.44. The van der Waals surface area contributed by atoms with Crippen molar-refractivity contribution in [2.75, 3.05) is 6.61 Å². The second-order valence-corrected chi connectivity index (χ2v) is 5.17. The number of nitrogens with two attached hydrogens (primary N) is 1. The summed E-state index contributed by atoms with van der Waals surface area (Å²) in [6.45, 7) is 7.23. The number of ether oxygens (including phenoxy) is 1. The van der Waals surface area contributed by atoms with Gasteiger partial charge in [0.05, 0.1) is 6.61 Å². The fourth-order valence-corrected chi connectivity index (χ4v) is 1.77. The van der Waals surface area contributed by atoms with Crippen molar-refractivity contribution in [1.82, 2.24) is 0 Å². The molecule has 0 saturated heterocycles. The van der Waals surface area contributed by atoms with E-state index in [0.717, 1.165) is 35.8 Å². The largest absolute Gasteiger partial charge is 0.493 e. The number of hydrogen-bond donors (Lipinski definition) is 1. The first-order valence-electron chi connectivity index (χ1n) is 6.04. The molecular weight excluding hydrogens is 230 g/mol. The van der Waals surface area contributed by atoms with Crippen LogP contribution in [0.25, 0.3) is 0 Å².